The van der Waals surface area contributed by atoms with Crippen LogP contribution >= 0.6 is 27.3 Å². The number of thiophene rings is 1. The first-order valence-electron chi connectivity index (χ1n) is 6.26. The molecule has 2 aromatic rings. The molecule has 0 radical (unpaired) electrons. The van der Waals surface area contributed by atoms with Crippen molar-refractivity contribution in [2.24, 2.45) is 0 Å². The third-order valence-corrected chi connectivity index (χ3v) is 6.28. The number of carbonyl (C=O) groups excluding carboxylic acids is 1. The fraction of sp³-hybridized carbons (Fsp3) is 0.0714. The Balaban J connectivity index is 2.12. The van der Waals surface area contributed by atoms with E-state index in [0.717, 1.165) is 9.35 Å². The van der Waals surface area contributed by atoms with Crippen molar-refractivity contribution in [3.05, 3.63) is 44.6 Å². The van der Waals surface area contributed by atoms with E-state index < -0.39 is 10.0 Å². The van der Waals surface area contributed by atoms with E-state index in [1.54, 1.807) is 12.1 Å². The average molecular weight is 399 g/mol. The minimum atomic E-state index is -3.55. The lowest BCUT2D eigenvalue weighted by Gasteiger charge is -2.05. The topological polar surface area (TPSA) is 75.3 Å². The van der Waals surface area contributed by atoms with E-state index in [-0.39, 0.29) is 10.8 Å². The molecular formula is C14H11BrN2O3S2. The van der Waals surface area contributed by atoms with Gasteiger partial charge in [0.2, 0.25) is 10.0 Å². The van der Waals surface area contributed by atoms with Gasteiger partial charge in [-0.15, -0.1) is 11.3 Å². The molecule has 1 aromatic carbocycles. The third kappa shape index (κ3) is 2.74. The second-order valence-corrected chi connectivity index (χ2v) is 8.34. The zero-order chi connectivity index (χ0) is 15.9. The lowest BCUT2D eigenvalue weighted by molar-refractivity contribution is -0.110. The molecule has 1 amide bonds. The quantitative estimate of drug-likeness (QED) is 0.780. The van der Waals surface area contributed by atoms with Gasteiger partial charge in [0, 0.05) is 26.0 Å². The molecule has 0 fully saturated rings. The van der Waals surface area contributed by atoms with E-state index in [1.807, 2.05) is 11.4 Å². The minimum Gasteiger partial charge on any atom is -0.321 e. The van der Waals surface area contributed by atoms with Crippen LogP contribution in [0.2, 0.25) is 0 Å². The molecule has 0 saturated heterocycles. The molecule has 1 aliphatic heterocycles. The number of sulfonamides is 1. The van der Waals surface area contributed by atoms with Gasteiger partial charge in [-0.3, -0.25) is 4.79 Å². The van der Waals surface area contributed by atoms with Gasteiger partial charge in [-0.2, -0.15) is 0 Å². The average Bonchev–Trinajstić information content (AvgIpc) is 3.03. The maximum atomic E-state index is 12.1. The summed E-state index contributed by atoms with van der Waals surface area (Å²) in [4.78, 5) is 13.2. The van der Waals surface area contributed by atoms with Gasteiger partial charge in [0.15, 0.2) is 0 Å². The molecule has 0 spiro atoms. The van der Waals surface area contributed by atoms with Crippen LogP contribution in [0.25, 0.3) is 11.6 Å². The predicted molar refractivity (Wildman–Crippen MR) is 91.2 cm³/mol. The molecule has 0 atom stereocenters. The first kappa shape index (κ1) is 15.4. The Morgan fingerprint density at radius 3 is 2.73 bits per heavy atom. The monoisotopic (exact) mass is 398 g/mol. The van der Waals surface area contributed by atoms with Gasteiger partial charge in [0.1, 0.15) is 0 Å². The minimum absolute atomic E-state index is 0.128. The first-order valence-corrected chi connectivity index (χ1v) is 9.41. The summed E-state index contributed by atoms with van der Waals surface area (Å²) in [6.07, 6.45) is 1.76. The number of amides is 1. The summed E-state index contributed by atoms with van der Waals surface area (Å²) in [5.41, 5.74) is 1.66. The fourth-order valence-electron chi connectivity index (χ4n) is 2.14. The highest BCUT2D eigenvalue weighted by Crippen LogP contribution is 2.35. The number of hydrogen-bond acceptors (Lipinski definition) is 4. The lowest BCUT2D eigenvalue weighted by atomic mass is 10.1. The van der Waals surface area contributed by atoms with Gasteiger partial charge in [-0.1, -0.05) is 0 Å². The molecule has 0 bridgehead atoms. The van der Waals surface area contributed by atoms with Gasteiger partial charge in [0.05, 0.1) is 10.5 Å². The maximum absolute atomic E-state index is 12.1. The Morgan fingerprint density at radius 1 is 1.32 bits per heavy atom. The normalized spacial score (nSPS) is 15.9. The molecule has 3 rings (SSSR count). The highest BCUT2D eigenvalue weighted by Gasteiger charge is 2.26. The molecule has 1 aromatic heterocycles. The zero-order valence-corrected chi connectivity index (χ0v) is 14.6. The van der Waals surface area contributed by atoms with E-state index in [0.29, 0.717) is 16.8 Å². The summed E-state index contributed by atoms with van der Waals surface area (Å²) >= 11 is 4.86. The van der Waals surface area contributed by atoms with Crippen LogP contribution in [0.4, 0.5) is 5.69 Å². The number of hydrogen-bond donors (Lipinski definition) is 2. The van der Waals surface area contributed by atoms with Crippen molar-refractivity contribution in [2.75, 3.05) is 12.4 Å². The van der Waals surface area contributed by atoms with E-state index in [2.05, 4.69) is 26.0 Å². The van der Waals surface area contributed by atoms with Gasteiger partial charge in [-0.25, -0.2) is 13.1 Å². The standard InChI is InChI=1S/C14H11BrN2O3S2/c1-16-22(19,20)10-2-3-13-11(6-10)12(14(18)17-13)5-9-4-8(15)7-21-9/h2-7,16H,1H3,(H,17,18). The Bertz CT molecular complexity index is 901. The molecule has 0 aliphatic carbocycles. The summed E-state index contributed by atoms with van der Waals surface area (Å²) in [6.45, 7) is 0. The Labute approximate surface area is 140 Å². The molecule has 2 heterocycles. The van der Waals surface area contributed by atoms with Gasteiger partial charge >= 0.3 is 0 Å². The lowest BCUT2D eigenvalue weighted by Crippen LogP contribution is -2.18. The van der Waals surface area contributed by atoms with Crippen LogP contribution in [0.1, 0.15) is 10.4 Å². The smallest absolute Gasteiger partial charge is 0.256 e. The van der Waals surface area contributed by atoms with E-state index in [4.69, 9.17) is 0 Å². The second kappa shape index (κ2) is 5.62. The number of rotatable bonds is 3. The number of benzene rings is 1. The van der Waals surface area contributed by atoms with Crippen LogP contribution < -0.4 is 10.0 Å². The van der Waals surface area contributed by atoms with Crippen LogP contribution in [-0.2, 0) is 14.8 Å². The SMILES string of the molecule is CNS(=O)(=O)c1ccc2c(c1)C(=Cc1cc(Br)cs1)C(=O)N2. The summed E-state index contributed by atoms with van der Waals surface area (Å²) in [5.74, 6) is -0.237. The zero-order valence-electron chi connectivity index (χ0n) is 11.4. The Morgan fingerprint density at radius 2 is 2.09 bits per heavy atom. The van der Waals surface area contributed by atoms with Gasteiger partial charge in [-0.05, 0) is 53.3 Å². The predicted octanol–water partition coefficient (Wildman–Crippen LogP) is 2.91. The van der Waals surface area contributed by atoms with Crippen molar-refractivity contribution < 1.29 is 13.2 Å². The van der Waals surface area contributed by atoms with Crippen molar-refractivity contribution in [3.8, 4) is 0 Å². The number of nitrogens with one attached hydrogen (secondary N) is 2. The van der Waals surface area contributed by atoms with Crippen molar-refractivity contribution >= 4 is 60.5 Å². The highest BCUT2D eigenvalue weighted by atomic mass is 79.9. The number of carbonyl (C=O) groups is 1. The molecule has 8 heteroatoms. The second-order valence-electron chi connectivity index (χ2n) is 4.59. The van der Waals surface area contributed by atoms with Crippen LogP contribution in [-0.4, -0.2) is 21.4 Å². The summed E-state index contributed by atoms with van der Waals surface area (Å²) in [6, 6.07) is 6.48. The summed E-state index contributed by atoms with van der Waals surface area (Å²) in [7, 11) is -2.20. The number of anilines is 1. The third-order valence-electron chi connectivity index (χ3n) is 3.23. The fourth-order valence-corrected chi connectivity index (χ4v) is 4.27. The molecule has 5 nitrogen and oxygen atoms in total. The molecule has 1 aliphatic rings. The van der Waals surface area contributed by atoms with Crippen molar-refractivity contribution in [3.63, 3.8) is 0 Å². The van der Waals surface area contributed by atoms with Crippen molar-refractivity contribution in [1.29, 1.82) is 0 Å². The molecule has 0 unspecified atom stereocenters. The molecular weight excluding hydrogens is 388 g/mol. The maximum Gasteiger partial charge on any atom is 0.256 e. The van der Waals surface area contributed by atoms with Crippen LogP contribution in [0.5, 0.6) is 0 Å². The van der Waals surface area contributed by atoms with Crippen LogP contribution in [0, 0.1) is 0 Å². The van der Waals surface area contributed by atoms with Gasteiger partial charge < -0.3 is 5.32 Å². The molecule has 0 saturated carbocycles. The Hall–Kier alpha value is -1.48. The molecule has 2 N–H and O–H groups in total. The van der Waals surface area contributed by atoms with Crippen molar-refractivity contribution in [1.82, 2.24) is 4.72 Å². The summed E-state index contributed by atoms with van der Waals surface area (Å²) in [5, 5.41) is 4.66. The molecule has 22 heavy (non-hydrogen) atoms. The van der Waals surface area contributed by atoms with Crippen LogP contribution in [0.15, 0.2) is 39.0 Å². The van der Waals surface area contributed by atoms with Gasteiger partial charge in [0.25, 0.3) is 5.91 Å². The summed E-state index contributed by atoms with van der Waals surface area (Å²) < 4.78 is 27.0. The first-order chi connectivity index (χ1) is 10.4. The van der Waals surface area contributed by atoms with E-state index >= 15 is 0 Å². The Kier molecular flexibility index (Phi) is 3.94. The highest BCUT2D eigenvalue weighted by molar-refractivity contribution is 9.10. The molecule has 114 valence electrons. The van der Waals surface area contributed by atoms with E-state index in [9.17, 15) is 13.2 Å². The number of fused-ring (bicyclic) bond motifs is 1. The van der Waals surface area contributed by atoms with Crippen LogP contribution in [0.3, 0.4) is 0 Å². The van der Waals surface area contributed by atoms with E-state index in [1.165, 1.54) is 30.5 Å². The largest absolute Gasteiger partial charge is 0.321 e. The number of halogens is 1. The van der Waals surface area contributed by atoms with Crippen molar-refractivity contribution in [2.45, 2.75) is 4.90 Å².